The molecule has 114 valence electrons. The first-order chi connectivity index (χ1) is 9.25. The third kappa shape index (κ3) is 4.78. The summed E-state index contributed by atoms with van der Waals surface area (Å²) in [5.41, 5.74) is 2.79. The Morgan fingerprint density at radius 2 is 1.90 bits per heavy atom. The monoisotopic (exact) mass is 281 g/mol. The van der Waals surface area contributed by atoms with Crippen LogP contribution in [-0.2, 0) is 11.8 Å². The highest BCUT2D eigenvalue weighted by atomic mass is 16.3. The number of hydrogen-bond acceptors (Lipinski definition) is 4. The van der Waals surface area contributed by atoms with Gasteiger partial charge in [0.1, 0.15) is 5.75 Å². The van der Waals surface area contributed by atoms with Gasteiger partial charge in [-0.2, -0.15) is 0 Å². The van der Waals surface area contributed by atoms with Gasteiger partial charge in [-0.3, -0.25) is 0 Å². The van der Waals surface area contributed by atoms with Crippen LogP contribution in [0.25, 0.3) is 0 Å². The average Bonchev–Trinajstić information content (AvgIpc) is 2.31. The van der Waals surface area contributed by atoms with Gasteiger partial charge >= 0.3 is 0 Å². The van der Waals surface area contributed by atoms with Gasteiger partial charge in [0.2, 0.25) is 0 Å². The predicted octanol–water partition coefficient (Wildman–Crippen LogP) is 1.48. The summed E-state index contributed by atoms with van der Waals surface area (Å²) in [6, 6.07) is 3.75. The molecule has 1 unspecified atom stereocenters. The largest absolute Gasteiger partial charge is 0.508 e. The summed E-state index contributed by atoms with van der Waals surface area (Å²) in [5.74, 6) is 0.312. The highest BCUT2D eigenvalue weighted by molar-refractivity contribution is 5.45. The van der Waals surface area contributed by atoms with E-state index in [1.807, 2.05) is 13.0 Å². The molecule has 0 heterocycles. The molecule has 1 aromatic carbocycles. The Balaban J connectivity index is 2.84. The zero-order valence-electron chi connectivity index (χ0n) is 12.9. The van der Waals surface area contributed by atoms with Crippen molar-refractivity contribution in [3.05, 3.63) is 28.8 Å². The molecule has 20 heavy (non-hydrogen) atoms. The van der Waals surface area contributed by atoms with E-state index >= 15 is 0 Å². The number of nitrogens with one attached hydrogen (secondary N) is 1. The van der Waals surface area contributed by atoms with Crippen molar-refractivity contribution in [3.63, 3.8) is 0 Å². The fourth-order valence-corrected chi connectivity index (χ4v) is 2.23. The van der Waals surface area contributed by atoms with Gasteiger partial charge in [-0.05, 0) is 41.5 Å². The Morgan fingerprint density at radius 1 is 1.25 bits per heavy atom. The fraction of sp³-hybridized carbons (Fsp3) is 0.625. The second kappa shape index (κ2) is 7.07. The van der Waals surface area contributed by atoms with Crippen molar-refractivity contribution in [1.29, 1.82) is 0 Å². The molecule has 4 heteroatoms. The molecule has 0 bridgehead atoms. The lowest BCUT2D eigenvalue weighted by molar-refractivity contribution is 0.168. The molecule has 0 aromatic heterocycles. The van der Waals surface area contributed by atoms with Crippen LogP contribution in [0.4, 0.5) is 0 Å². The smallest absolute Gasteiger partial charge is 0.119 e. The lowest BCUT2D eigenvalue weighted by atomic mass is 9.83. The fourth-order valence-electron chi connectivity index (χ4n) is 2.23. The highest BCUT2D eigenvalue weighted by Gasteiger charge is 2.20. The van der Waals surface area contributed by atoms with Gasteiger partial charge < -0.3 is 20.6 Å². The van der Waals surface area contributed by atoms with Crippen LogP contribution < -0.4 is 5.32 Å². The molecular weight excluding hydrogens is 254 g/mol. The first kappa shape index (κ1) is 17.0. The van der Waals surface area contributed by atoms with E-state index in [9.17, 15) is 10.2 Å². The van der Waals surface area contributed by atoms with Gasteiger partial charge in [0.15, 0.2) is 0 Å². The minimum absolute atomic E-state index is 0.0686. The van der Waals surface area contributed by atoms with Crippen molar-refractivity contribution in [1.82, 2.24) is 5.32 Å². The first-order valence-electron chi connectivity index (χ1n) is 7.08. The molecule has 1 rings (SSSR count). The molecule has 4 nitrogen and oxygen atoms in total. The van der Waals surface area contributed by atoms with E-state index in [-0.39, 0.29) is 12.0 Å². The van der Waals surface area contributed by atoms with E-state index in [1.54, 1.807) is 6.07 Å². The van der Waals surface area contributed by atoms with Crippen molar-refractivity contribution >= 4 is 0 Å². The number of aryl methyl sites for hydroxylation is 1. The number of aliphatic hydroxyl groups excluding tert-OH is 2. The van der Waals surface area contributed by atoms with Crippen LogP contribution >= 0.6 is 0 Å². The molecule has 0 aliphatic heterocycles. The van der Waals surface area contributed by atoms with Crippen LogP contribution in [-0.4, -0.2) is 41.1 Å². The first-order valence-corrected chi connectivity index (χ1v) is 7.08. The molecular formula is C16H27NO3. The van der Waals surface area contributed by atoms with Crippen LogP contribution in [0.2, 0.25) is 0 Å². The molecule has 1 atom stereocenters. The minimum Gasteiger partial charge on any atom is -0.508 e. The van der Waals surface area contributed by atoms with E-state index in [0.717, 1.165) is 16.7 Å². The number of phenolic OH excluding ortho intramolecular Hbond substituents is 1. The lowest BCUT2D eigenvalue weighted by Gasteiger charge is -2.23. The predicted molar refractivity (Wildman–Crippen MR) is 81.2 cm³/mol. The number of phenols is 1. The number of aliphatic hydroxyl groups is 2. The van der Waals surface area contributed by atoms with Crippen molar-refractivity contribution in [2.45, 2.75) is 45.6 Å². The van der Waals surface area contributed by atoms with E-state index < -0.39 is 6.10 Å². The normalized spacial score (nSPS) is 13.5. The Bertz CT molecular complexity index is 438. The third-order valence-corrected chi connectivity index (χ3v) is 3.39. The van der Waals surface area contributed by atoms with E-state index in [4.69, 9.17) is 5.11 Å². The average molecular weight is 281 g/mol. The molecule has 0 aliphatic carbocycles. The Hall–Kier alpha value is -1.10. The molecule has 4 N–H and O–H groups in total. The number of aromatic hydroxyl groups is 1. The molecule has 0 fully saturated rings. The Kier molecular flexibility index (Phi) is 5.99. The number of benzene rings is 1. The van der Waals surface area contributed by atoms with E-state index in [2.05, 4.69) is 26.1 Å². The van der Waals surface area contributed by atoms with Crippen molar-refractivity contribution in [2.75, 3.05) is 19.7 Å². The number of rotatable bonds is 6. The maximum Gasteiger partial charge on any atom is 0.119 e. The van der Waals surface area contributed by atoms with Crippen LogP contribution in [0.15, 0.2) is 12.1 Å². The maximum atomic E-state index is 10.1. The topological polar surface area (TPSA) is 72.7 Å². The summed E-state index contributed by atoms with van der Waals surface area (Å²) < 4.78 is 0. The van der Waals surface area contributed by atoms with Crippen molar-refractivity contribution in [2.24, 2.45) is 0 Å². The molecule has 0 radical (unpaired) electrons. The second-order valence-electron chi connectivity index (χ2n) is 6.33. The minimum atomic E-state index is -0.502. The Morgan fingerprint density at radius 3 is 2.45 bits per heavy atom. The van der Waals surface area contributed by atoms with Gasteiger partial charge in [-0.1, -0.05) is 26.8 Å². The van der Waals surface area contributed by atoms with Gasteiger partial charge in [-0.25, -0.2) is 0 Å². The third-order valence-electron chi connectivity index (χ3n) is 3.39. The van der Waals surface area contributed by atoms with Gasteiger partial charge in [-0.15, -0.1) is 0 Å². The summed E-state index contributed by atoms with van der Waals surface area (Å²) in [6.07, 6.45) is 0.0331. The van der Waals surface area contributed by atoms with Crippen LogP contribution in [0.3, 0.4) is 0 Å². The molecule has 0 amide bonds. The maximum absolute atomic E-state index is 10.1. The van der Waals surface area contributed by atoms with Crippen LogP contribution in [0.5, 0.6) is 5.75 Å². The summed E-state index contributed by atoms with van der Waals surface area (Å²) in [4.78, 5) is 0. The van der Waals surface area contributed by atoms with Crippen LogP contribution in [0.1, 0.15) is 37.5 Å². The molecule has 0 spiro atoms. The van der Waals surface area contributed by atoms with Crippen molar-refractivity contribution in [3.8, 4) is 5.75 Å². The Labute approximate surface area is 121 Å². The highest BCUT2D eigenvalue weighted by Crippen LogP contribution is 2.33. The zero-order chi connectivity index (χ0) is 15.3. The summed E-state index contributed by atoms with van der Waals surface area (Å²) >= 11 is 0. The van der Waals surface area contributed by atoms with Crippen LogP contribution in [0, 0.1) is 6.92 Å². The quantitative estimate of drug-likeness (QED) is 0.596. The standard InChI is InChI=1S/C16H27NO3/c1-11-7-15(20)14(16(2,3)4)9-12(11)8-13(19)10-17-5-6-18/h7,9,13,17-20H,5-6,8,10H2,1-4H3. The van der Waals surface area contributed by atoms with E-state index in [1.165, 1.54) is 0 Å². The SMILES string of the molecule is Cc1cc(O)c(C(C)(C)C)cc1CC(O)CNCCO. The van der Waals surface area contributed by atoms with E-state index in [0.29, 0.717) is 25.3 Å². The lowest BCUT2D eigenvalue weighted by Crippen LogP contribution is -2.30. The van der Waals surface area contributed by atoms with Gasteiger partial charge in [0, 0.05) is 13.1 Å². The second-order valence-corrected chi connectivity index (χ2v) is 6.33. The molecule has 0 saturated carbocycles. The summed E-state index contributed by atoms with van der Waals surface area (Å²) in [6.45, 7) is 9.11. The van der Waals surface area contributed by atoms with Gasteiger partial charge in [0.05, 0.1) is 12.7 Å². The van der Waals surface area contributed by atoms with Crippen molar-refractivity contribution < 1.29 is 15.3 Å². The summed E-state index contributed by atoms with van der Waals surface area (Å²) in [5, 5.41) is 31.7. The number of hydrogen-bond donors (Lipinski definition) is 4. The summed E-state index contributed by atoms with van der Waals surface area (Å²) in [7, 11) is 0. The molecule has 0 saturated heterocycles. The molecule has 1 aromatic rings. The zero-order valence-corrected chi connectivity index (χ0v) is 12.9. The van der Waals surface area contributed by atoms with Gasteiger partial charge in [0.25, 0.3) is 0 Å². The molecule has 0 aliphatic rings.